The molecule has 0 aliphatic heterocycles. The minimum atomic E-state index is 0.877. The van der Waals surface area contributed by atoms with E-state index in [4.69, 9.17) is 4.42 Å². The Morgan fingerprint density at radius 3 is 1.72 bits per heavy atom. The largest absolute Gasteiger partial charge is 0.455 e. The van der Waals surface area contributed by atoms with Crippen molar-refractivity contribution in [1.82, 2.24) is 0 Å². The lowest BCUT2D eigenvalue weighted by Crippen LogP contribution is -2.12. The van der Waals surface area contributed by atoms with E-state index in [9.17, 15) is 0 Å². The van der Waals surface area contributed by atoms with Crippen LogP contribution in [0.1, 0.15) is 5.56 Å². The molecule has 0 radical (unpaired) electrons. The molecule has 0 spiro atoms. The van der Waals surface area contributed by atoms with Crippen molar-refractivity contribution >= 4 is 55.3 Å². The standard InChI is InChI=1S/C58H41NO/c1-3-18-40(4-2)48-36-33-46(37-53(48)43-21-9-6-10-22-43)41-31-34-47(35-32-41)59(55-29-15-13-25-49(55)42-19-7-5-8-20-42)56-30-16-14-26-50(56)51-27-17-28-52-54-38-44-23-11-12-24-45(44)39-57(54)60-58(51)52/h3-39H,1-2H2/b40-18+. The lowest BCUT2D eigenvalue weighted by Gasteiger charge is -2.30. The minimum Gasteiger partial charge on any atom is -0.455 e. The predicted molar refractivity (Wildman–Crippen MR) is 256 cm³/mol. The summed E-state index contributed by atoms with van der Waals surface area (Å²) in [6.45, 7) is 8.06. The number of nitrogens with zero attached hydrogens (tertiary/aromatic N) is 1. The fourth-order valence-corrected chi connectivity index (χ4v) is 8.56. The van der Waals surface area contributed by atoms with E-state index in [1.807, 2.05) is 18.2 Å². The highest BCUT2D eigenvalue weighted by Gasteiger charge is 2.23. The zero-order chi connectivity index (χ0) is 40.4. The first kappa shape index (κ1) is 36.4. The number of hydrogen-bond donors (Lipinski definition) is 0. The van der Waals surface area contributed by atoms with Crippen LogP contribution in [0.4, 0.5) is 17.1 Å². The maximum absolute atomic E-state index is 6.80. The van der Waals surface area contributed by atoms with Crippen LogP contribution < -0.4 is 4.90 Å². The smallest absolute Gasteiger partial charge is 0.143 e. The second-order valence-corrected chi connectivity index (χ2v) is 15.0. The van der Waals surface area contributed by atoms with Gasteiger partial charge in [0, 0.05) is 33.2 Å². The summed E-state index contributed by atoms with van der Waals surface area (Å²) in [5.41, 5.74) is 16.0. The van der Waals surface area contributed by atoms with Crippen LogP contribution in [-0.4, -0.2) is 0 Å². The summed E-state index contributed by atoms with van der Waals surface area (Å²) in [7, 11) is 0. The predicted octanol–water partition coefficient (Wildman–Crippen LogP) is 16.6. The molecule has 0 amide bonds. The Kier molecular flexibility index (Phi) is 9.57. The molecule has 60 heavy (non-hydrogen) atoms. The summed E-state index contributed by atoms with van der Waals surface area (Å²) in [5.74, 6) is 0. The summed E-state index contributed by atoms with van der Waals surface area (Å²) in [5, 5.41) is 4.58. The third kappa shape index (κ3) is 6.61. The van der Waals surface area contributed by atoms with E-state index in [0.717, 1.165) is 100 Å². The monoisotopic (exact) mass is 767 g/mol. The van der Waals surface area contributed by atoms with Gasteiger partial charge in [0.2, 0.25) is 0 Å². The van der Waals surface area contributed by atoms with E-state index in [-0.39, 0.29) is 0 Å². The third-order valence-electron chi connectivity index (χ3n) is 11.4. The topological polar surface area (TPSA) is 16.4 Å². The lowest BCUT2D eigenvalue weighted by atomic mass is 9.90. The van der Waals surface area contributed by atoms with Gasteiger partial charge in [-0.15, -0.1) is 0 Å². The van der Waals surface area contributed by atoms with Gasteiger partial charge in [0.1, 0.15) is 11.2 Å². The van der Waals surface area contributed by atoms with Gasteiger partial charge in [-0.2, -0.15) is 0 Å². The fraction of sp³-hybridized carbons (Fsp3) is 0. The van der Waals surface area contributed by atoms with Crippen molar-refractivity contribution in [2.45, 2.75) is 0 Å². The highest BCUT2D eigenvalue weighted by Crippen LogP contribution is 2.47. The molecule has 2 heteroatoms. The summed E-state index contributed by atoms with van der Waals surface area (Å²) in [4.78, 5) is 2.40. The van der Waals surface area contributed by atoms with Gasteiger partial charge in [-0.25, -0.2) is 0 Å². The van der Waals surface area contributed by atoms with Crippen LogP contribution in [0, 0.1) is 0 Å². The van der Waals surface area contributed by atoms with Crippen LogP contribution in [0.3, 0.4) is 0 Å². The maximum Gasteiger partial charge on any atom is 0.143 e. The minimum absolute atomic E-state index is 0.877. The van der Waals surface area contributed by atoms with Crippen molar-refractivity contribution < 1.29 is 4.42 Å². The number of allylic oxidation sites excluding steroid dienone is 4. The Morgan fingerprint density at radius 1 is 0.433 bits per heavy atom. The Labute approximate surface area is 350 Å². The van der Waals surface area contributed by atoms with E-state index in [1.54, 1.807) is 0 Å². The van der Waals surface area contributed by atoms with Gasteiger partial charge in [-0.05, 0) is 92.2 Å². The molecule has 0 aliphatic rings. The zero-order valence-electron chi connectivity index (χ0n) is 33.1. The molecule has 0 bridgehead atoms. The maximum atomic E-state index is 6.80. The summed E-state index contributed by atoms with van der Waals surface area (Å²) in [6, 6.07) is 73.6. The van der Waals surface area contributed by atoms with Gasteiger partial charge in [0.25, 0.3) is 0 Å². The molecule has 1 heterocycles. The fourth-order valence-electron chi connectivity index (χ4n) is 8.56. The second-order valence-electron chi connectivity index (χ2n) is 15.0. The molecule has 10 aromatic rings. The molecule has 0 N–H and O–H groups in total. The summed E-state index contributed by atoms with van der Waals surface area (Å²) >= 11 is 0. The van der Waals surface area contributed by atoms with Gasteiger partial charge in [0.05, 0.1) is 11.4 Å². The van der Waals surface area contributed by atoms with Crippen LogP contribution in [0.15, 0.2) is 242 Å². The van der Waals surface area contributed by atoms with Gasteiger partial charge in [0.15, 0.2) is 0 Å². The molecule has 0 atom stereocenters. The average molecular weight is 768 g/mol. The van der Waals surface area contributed by atoms with Crippen LogP contribution in [-0.2, 0) is 0 Å². The summed E-state index contributed by atoms with van der Waals surface area (Å²) < 4.78 is 6.80. The Hall–Kier alpha value is -7.94. The van der Waals surface area contributed by atoms with E-state index >= 15 is 0 Å². The molecule has 0 fully saturated rings. The molecule has 284 valence electrons. The van der Waals surface area contributed by atoms with Gasteiger partial charge < -0.3 is 9.32 Å². The van der Waals surface area contributed by atoms with E-state index in [1.165, 1.54) is 5.39 Å². The Bertz CT molecular complexity index is 3220. The van der Waals surface area contributed by atoms with Crippen molar-refractivity contribution in [2.24, 2.45) is 0 Å². The van der Waals surface area contributed by atoms with Gasteiger partial charge in [-0.1, -0.05) is 195 Å². The van der Waals surface area contributed by atoms with Crippen LogP contribution in [0.2, 0.25) is 0 Å². The molecule has 0 aliphatic carbocycles. The molecule has 2 nitrogen and oxygen atoms in total. The molecule has 0 saturated carbocycles. The highest BCUT2D eigenvalue weighted by atomic mass is 16.3. The van der Waals surface area contributed by atoms with E-state index < -0.39 is 0 Å². The molecule has 0 unspecified atom stereocenters. The quantitative estimate of drug-likeness (QED) is 0.129. The first-order chi connectivity index (χ1) is 29.7. The van der Waals surface area contributed by atoms with Crippen molar-refractivity contribution in [1.29, 1.82) is 0 Å². The van der Waals surface area contributed by atoms with Crippen LogP contribution in [0.25, 0.3) is 82.8 Å². The normalized spacial score (nSPS) is 11.6. The number of fused-ring (bicyclic) bond motifs is 4. The van der Waals surface area contributed by atoms with Crippen molar-refractivity contribution in [3.63, 3.8) is 0 Å². The number of hydrogen-bond acceptors (Lipinski definition) is 2. The molecular weight excluding hydrogens is 727 g/mol. The van der Waals surface area contributed by atoms with Crippen molar-refractivity contribution in [3.8, 4) is 44.5 Å². The Balaban J connectivity index is 1.14. The molecule has 0 saturated heterocycles. The van der Waals surface area contributed by atoms with Gasteiger partial charge in [-0.3, -0.25) is 0 Å². The number of benzene rings is 9. The molecular formula is C58H41NO. The molecule has 1 aromatic heterocycles. The highest BCUT2D eigenvalue weighted by molar-refractivity contribution is 6.14. The average Bonchev–Trinajstić information content (AvgIpc) is 3.68. The van der Waals surface area contributed by atoms with E-state index in [2.05, 4.69) is 224 Å². The Morgan fingerprint density at radius 2 is 1.02 bits per heavy atom. The zero-order valence-corrected chi connectivity index (χ0v) is 33.1. The summed E-state index contributed by atoms with van der Waals surface area (Å²) in [6.07, 6.45) is 5.73. The molecule has 10 rings (SSSR count). The SMILES string of the molecule is C=C/C=C(\C=C)c1ccc(-c2ccc(N(c3ccccc3-c3ccccc3)c3ccccc3-c3cccc4c3oc3cc5ccccc5cc34)cc2)cc1-c1ccccc1. The molecule has 9 aromatic carbocycles. The number of para-hydroxylation sites is 3. The van der Waals surface area contributed by atoms with E-state index in [0.29, 0.717) is 0 Å². The number of anilines is 3. The van der Waals surface area contributed by atoms with Gasteiger partial charge >= 0.3 is 0 Å². The van der Waals surface area contributed by atoms with Crippen molar-refractivity contribution in [2.75, 3.05) is 4.90 Å². The van der Waals surface area contributed by atoms with Crippen molar-refractivity contribution in [3.05, 3.63) is 243 Å². The third-order valence-corrected chi connectivity index (χ3v) is 11.4. The van der Waals surface area contributed by atoms with Crippen LogP contribution >= 0.6 is 0 Å². The first-order valence-corrected chi connectivity index (χ1v) is 20.3. The number of furan rings is 1. The lowest BCUT2D eigenvalue weighted by molar-refractivity contribution is 0.670. The first-order valence-electron chi connectivity index (χ1n) is 20.3. The second kappa shape index (κ2) is 15.8. The number of rotatable bonds is 10. The van der Waals surface area contributed by atoms with Crippen LogP contribution in [0.5, 0.6) is 0 Å².